The predicted molar refractivity (Wildman–Crippen MR) is 68.4 cm³/mol. The number of ether oxygens (including phenoxy) is 2. The van der Waals surface area contributed by atoms with Crippen LogP contribution in [0, 0.1) is 0 Å². The SMILES string of the molecule is NCCCOc1ccccc1C1CCCOC1. The van der Waals surface area contributed by atoms with Crippen molar-refractivity contribution in [1.29, 1.82) is 0 Å². The van der Waals surface area contributed by atoms with Crippen molar-refractivity contribution in [1.82, 2.24) is 0 Å². The molecule has 1 aromatic carbocycles. The maximum Gasteiger partial charge on any atom is 0.122 e. The molecule has 2 rings (SSSR count). The molecule has 1 unspecified atom stereocenters. The Morgan fingerprint density at radius 2 is 2.24 bits per heavy atom. The summed E-state index contributed by atoms with van der Waals surface area (Å²) in [4.78, 5) is 0. The Hall–Kier alpha value is -1.06. The maximum atomic E-state index is 5.80. The molecular formula is C14H21NO2. The molecule has 0 radical (unpaired) electrons. The molecule has 1 aliphatic heterocycles. The van der Waals surface area contributed by atoms with E-state index in [2.05, 4.69) is 12.1 Å². The number of hydrogen-bond acceptors (Lipinski definition) is 3. The number of hydrogen-bond donors (Lipinski definition) is 1. The first-order valence-electron chi connectivity index (χ1n) is 6.41. The van der Waals surface area contributed by atoms with Gasteiger partial charge in [0.05, 0.1) is 13.2 Å². The van der Waals surface area contributed by atoms with Crippen LogP contribution in [0.4, 0.5) is 0 Å². The fourth-order valence-corrected chi connectivity index (χ4v) is 2.20. The summed E-state index contributed by atoms with van der Waals surface area (Å²) in [6.07, 6.45) is 3.23. The Balaban J connectivity index is 2.03. The van der Waals surface area contributed by atoms with Crippen molar-refractivity contribution in [3.05, 3.63) is 29.8 Å². The second-order valence-corrected chi connectivity index (χ2v) is 4.44. The number of nitrogens with two attached hydrogens (primary N) is 1. The minimum Gasteiger partial charge on any atom is -0.493 e. The third-order valence-electron chi connectivity index (χ3n) is 3.13. The van der Waals surface area contributed by atoms with Gasteiger partial charge >= 0.3 is 0 Å². The summed E-state index contributed by atoms with van der Waals surface area (Å²) in [5.74, 6) is 1.48. The zero-order valence-corrected chi connectivity index (χ0v) is 10.2. The monoisotopic (exact) mass is 235 g/mol. The van der Waals surface area contributed by atoms with E-state index < -0.39 is 0 Å². The Morgan fingerprint density at radius 1 is 1.35 bits per heavy atom. The highest BCUT2D eigenvalue weighted by Crippen LogP contribution is 2.32. The van der Waals surface area contributed by atoms with E-state index >= 15 is 0 Å². The third kappa shape index (κ3) is 3.45. The van der Waals surface area contributed by atoms with Gasteiger partial charge in [-0.05, 0) is 37.4 Å². The van der Waals surface area contributed by atoms with Crippen molar-refractivity contribution in [3.8, 4) is 5.75 Å². The third-order valence-corrected chi connectivity index (χ3v) is 3.13. The number of benzene rings is 1. The molecule has 1 aromatic rings. The highest BCUT2D eigenvalue weighted by molar-refractivity contribution is 5.36. The first-order valence-corrected chi connectivity index (χ1v) is 6.41. The minimum atomic E-state index is 0.484. The summed E-state index contributed by atoms with van der Waals surface area (Å²) in [7, 11) is 0. The quantitative estimate of drug-likeness (QED) is 0.796. The van der Waals surface area contributed by atoms with Gasteiger partial charge in [-0.25, -0.2) is 0 Å². The highest BCUT2D eigenvalue weighted by Gasteiger charge is 2.19. The first-order chi connectivity index (χ1) is 8.42. The lowest BCUT2D eigenvalue weighted by atomic mass is 9.93. The fraction of sp³-hybridized carbons (Fsp3) is 0.571. The normalized spacial score (nSPS) is 20.2. The van der Waals surface area contributed by atoms with E-state index in [-0.39, 0.29) is 0 Å². The topological polar surface area (TPSA) is 44.5 Å². The van der Waals surface area contributed by atoms with Crippen LogP contribution in [0.3, 0.4) is 0 Å². The van der Waals surface area contributed by atoms with Crippen molar-refractivity contribution in [2.45, 2.75) is 25.2 Å². The molecule has 2 N–H and O–H groups in total. The molecule has 0 bridgehead atoms. The van der Waals surface area contributed by atoms with Crippen molar-refractivity contribution in [2.75, 3.05) is 26.4 Å². The molecule has 1 fully saturated rings. The minimum absolute atomic E-state index is 0.484. The fourth-order valence-electron chi connectivity index (χ4n) is 2.20. The summed E-state index contributed by atoms with van der Waals surface area (Å²) < 4.78 is 11.3. The molecule has 17 heavy (non-hydrogen) atoms. The van der Waals surface area contributed by atoms with Crippen molar-refractivity contribution in [3.63, 3.8) is 0 Å². The summed E-state index contributed by atoms with van der Waals surface area (Å²) in [6.45, 7) is 3.08. The lowest BCUT2D eigenvalue weighted by molar-refractivity contribution is 0.0794. The molecular weight excluding hydrogens is 214 g/mol. The molecule has 1 heterocycles. The van der Waals surface area contributed by atoms with Crippen LogP contribution in [0.1, 0.15) is 30.7 Å². The molecule has 1 saturated heterocycles. The van der Waals surface area contributed by atoms with Crippen LogP contribution in [0.5, 0.6) is 5.75 Å². The van der Waals surface area contributed by atoms with Gasteiger partial charge in [0.25, 0.3) is 0 Å². The van der Waals surface area contributed by atoms with Gasteiger partial charge in [0, 0.05) is 12.5 Å². The molecule has 0 spiro atoms. The molecule has 1 atom stereocenters. The lowest BCUT2D eigenvalue weighted by Gasteiger charge is -2.24. The Bertz CT molecular complexity index is 335. The van der Waals surface area contributed by atoms with Gasteiger partial charge in [0.15, 0.2) is 0 Å². The van der Waals surface area contributed by atoms with Gasteiger partial charge in [-0.15, -0.1) is 0 Å². The van der Waals surface area contributed by atoms with Gasteiger partial charge in [-0.2, -0.15) is 0 Å². The molecule has 1 aliphatic rings. The van der Waals surface area contributed by atoms with Crippen LogP contribution >= 0.6 is 0 Å². The summed E-state index contributed by atoms with van der Waals surface area (Å²) in [6, 6.07) is 8.28. The van der Waals surface area contributed by atoms with Gasteiger partial charge in [-0.1, -0.05) is 18.2 Å². The average molecular weight is 235 g/mol. The summed E-state index contributed by atoms with van der Waals surface area (Å²) in [5.41, 5.74) is 6.76. The molecule has 94 valence electrons. The average Bonchev–Trinajstić information content (AvgIpc) is 2.41. The van der Waals surface area contributed by atoms with E-state index in [1.807, 2.05) is 12.1 Å². The van der Waals surface area contributed by atoms with E-state index in [1.54, 1.807) is 0 Å². The van der Waals surface area contributed by atoms with Crippen LogP contribution < -0.4 is 10.5 Å². The zero-order valence-electron chi connectivity index (χ0n) is 10.2. The van der Waals surface area contributed by atoms with Crippen molar-refractivity contribution in [2.24, 2.45) is 5.73 Å². The smallest absolute Gasteiger partial charge is 0.122 e. The van der Waals surface area contributed by atoms with Gasteiger partial charge < -0.3 is 15.2 Å². The van der Waals surface area contributed by atoms with Crippen LogP contribution in [0.15, 0.2) is 24.3 Å². The first kappa shape index (κ1) is 12.4. The van der Waals surface area contributed by atoms with Gasteiger partial charge in [0.2, 0.25) is 0 Å². The zero-order chi connectivity index (χ0) is 11.9. The molecule has 0 amide bonds. The highest BCUT2D eigenvalue weighted by atomic mass is 16.5. The molecule has 0 saturated carbocycles. The molecule has 0 aliphatic carbocycles. The Morgan fingerprint density at radius 3 is 3.00 bits per heavy atom. The second kappa shape index (κ2) is 6.62. The molecule has 3 heteroatoms. The lowest BCUT2D eigenvalue weighted by Crippen LogP contribution is -2.16. The molecule has 3 nitrogen and oxygen atoms in total. The Labute approximate surface area is 103 Å². The maximum absolute atomic E-state index is 5.80. The summed E-state index contributed by atoms with van der Waals surface area (Å²) in [5, 5.41) is 0. The second-order valence-electron chi connectivity index (χ2n) is 4.44. The number of para-hydroxylation sites is 1. The number of rotatable bonds is 5. The largest absolute Gasteiger partial charge is 0.493 e. The van der Waals surface area contributed by atoms with Crippen LogP contribution in [0.25, 0.3) is 0 Å². The van der Waals surface area contributed by atoms with Crippen LogP contribution in [-0.4, -0.2) is 26.4 Å². The van der Waals surface area contributed by atoms with Crippen LogP contribution in [0.2, 0.25) is 0 Å². The van der Waals surface area contributed by atoms with E-state index in [0.29, 0.717) is 19.1 Å². The van der Waals surface area contributed by atoms with Crippen LogP contribution in [-0.2, 0) is 4.74 Å². The van der Waals surface area contributed by atoms with E-state index in [4.69, 9.17) is 15.2 Å². The summed E-state index contributed by atoms with van der Waals surface area (Å²) >= 11 is 0. The van der Waals surface area contributed by atoms with E-state index in [1.165, 1.54) is 12.0 Å². The molecule has 0 aromatic heterocycles. The van der Waals surface area contributed by atoms with Gasteiger partial charge in [-0.3, -0.25) is 0 Å². The predicted octanol–water partition coefficient (Wildman–Crippen LogP) is 2.31. The van der Waals surface area contributed by atoms with E-state index in [9.17, 15) is 0 Å². The van der Waals surface area contributed by atoms with E-state index in [0.717, 1.165) is 31.8 Å². The van der Waals surface area contributed by atoms with Crippen molar-refractivity contribution >= 4 is 0 Å². The van der Waals surface area contributed by atoms with Gasteiger partial charge in [0.1, 0.15) is 5.75 Å². The Kier molecular flexibility index (Phi) is 4.83. The standard InChI is InChI=1S/C14H21NO2/c15-8-4-10-17-14-7-2-1-6-13(14)12-5-3-9-16-11-12/h1-2,6-7,12H,3-5,8-11,15H2. The van der Waals surface area contributed by atoms with Crippen molar-refractivity contribution < 1.29 is 9.47 Å².